The van der Waals surface area contributed by atoms with E-state index in [-0.39, 0.29) is 24.8 Å². The minimum absolute atomic E-state index is 0.148. The molecule has 0 saturated heterocycles. The molecule has 0 fully saturated rings. The first-order valence-electron chi connectivity index (χ1n) is 9.62. The van der Waals surface area contributed by atoms with Crippen molar-refractivity contribution in [3.63, 3.8) is 0 Å². The molecule has 0 aromatic heterocycles. The Labute approximate surface area is 176 Å². The number of amides is 3. The first-order valence-corrected chi connectivity index (χ1v) is 9.62. The first-order chi connectivity index (χ1) is 14.1. The highest BCUT2D eigenvalue weighted by Gasteiger charge is 2.15. The third-order valence-corrected chi connectivity index (χ3v) is 3.89. The molecule has 0 bridgehead atoms. The van der Waals surface area contributed by atoms with Crippen LogP contribution in [-0.2, 0) is 16.1 Å². The van der Waals surface area contributed by atoms with Crippen molar-refractivity contribution in [2.24, 2.45) is 0 Å². The molecular formula is C22H28N4O4. The lowest BCUT2D eigenvalue weighted by Gasteiger charge is -2.19. The molecule has 5 N–H and O–H groups in total. The zero-order chi connectivity index (χ0) is 22.1. The number of ether oxygens (including phenoxy) is 1. The van der Waals surface area contributed by atoms with Crippen molar-refractivity contribution >= 4 is 29.3 Å². The molecule has 0 aliphatic rings. The van der Waals surface area contributed by atoms with E-state index in [2.05, 4.69) is 16.0 Å². The second-order valence-corrected chi connectivity index (χ2v) is 7.73. The largest absolute Gasteiger partial charge is 0.444 e. The molecule has 2 aromatic rings. The van der Waals surface area contributed by atoms with Crippen LogP contribution in [0, 0.1) is 0 Å². The van der Waals surface area contributed by atoms with Gasteiger partial charge in [-0.15, -0.1) is 0 Å². The van der Waals surface area contributed by atoms with Crippen molar-refractivity contribution in [1.29, 1.82) is 0 Å². The third-order valence-electron chi connectivity index (χ3n) is 3.89. The molecule has 0 radical (unpaired) electrons. The number of nitrogen functional groups attached to an aromatic ring is 1. The summed E-state index contributed by atoms with van der Waals surface area (Å²) in [6.07, 6.45) is -0.401. The first kappa shape index (κ1) is 22.7. The Morgan fingerprint density at radius 3 is 2.17 bits per heavy atom. The van der Waals surface area contributed by atoms with Gasteiger partial charge in [-0.1, -0.05) is 12.1 Å². The number of carbonyl (C=O) groups is 3. The van der Waals surface area contributed by atoms with Crippen LogP contribution < -0.4 is 21.7 Å². The summed E-state index contributed by atoms with van der Waals surface area (Å²) in [7, 11) is 0. The van der Waals surface area contributed by atoms with Crippen molar-refractivity contribution < 1.29 is 19.1 Å². The van der Waals surface area contributed by atoms with E-state index in [1.54, 1.807) is 57.2 Å². The summed E-state index contributed by atoms with van der Waals surface area (Å²) >= 11 is 0. The summed E-state index contributed by atoms with van der Waals surface area (Å²) in [5.74, 6) is -0.416. The Balaban J connectivity index is 1.72. The summed E-state index contributed by atoms with van der Waals surface area (Å²) < 4.78 is 5.10. The van der Waals surface area contributed by atoms with E-state index in [4.69, 9.17) is 10.5 Å². The number of carbonyl (C=O) groups excluding carboxylic acids is 3. The monoisotopic (exact) mass is 412 g/mol. The minimum Gasteiger partial charge on any atom is -0.444 e. The van der Waals surface area contributed by atoms with E-state index in [0.717, 1.165) is 5.56 Å². The molecule has 0 heterocycles. The number of hydrogen-bond acceptors (Lipinski definition) is 5. The van der Waals surface area contributed by atoms with Crippen LogP contribution in [0.5, 0.6) is 0 Å². The van der Waals surface area contributed by atoms with Crippen LogP contribution in [0.1, 0.15) is 43.1 Å². The molecule has 3 amide bonds. The molecule has 30 heavy (non-hydrogen) atoms. The molecule has 0 aliphatic heterocycles. The average Bonchev–Trinajstić information content (AvgIpc) is 2.66. The summed E-state index contributed by atoms with van der Waals surface area (Å²) in [4.78, 5) is 35.6. The topological polar surface area (TPSA) is 123 Å². The predicted octanol–water partition coefficient (Wildman–Crippen LogP) is 3.05. The van der Waals surface area contributed by atoms with E-state index >= 15 is 0 Å². The number of benzene rings is 2. The van der Waals surface area contributed by atoms with Crippen molar-refractivity contribution in [2.45, 2.75) is 39.3 Å². The fourth-order valence-corrected chi connectivity index (χ4v) is 2.42. The van der Waals surface area contributed by atoms with E-state index in [1.807, 2.05) is 12.1 Å². The molecule has 8 heteroatoms. The molecule has 0 unspecified atom stereocenters. The van der Waals surface area contributed by atoms with Crippen molar-refractivity contribution in [2.75, 3.05) is 17.6 Å². The van der Waals surface area contributed by atoms with Gasteiger partial charge in [0.05, 0.1) is 0 Å². The molecule has 0 saturated carbocycles. The predicted molar refractivity (Wildman–Crippen MR) is 116 cm³/mol. The second kappa shape index (κ2) is 10.3. The van der Waals surface area contributed by atoms with E-state index in [9.17, 15) is 14.4 Å². The Kier molecular flexibility index (Phi) is 7.80. The van der Waals surface area contributed by atoms with Crippen LogP contribution in [0.3, 0.4) is 0 Å². The van der Waals surface area contributed by atoms with Crippen LogP contribution in [0.15, 0.2) is 48.5 Å². The van der Waals surface area contributed by atoms with Crippen molar-refractivity contribution in [1.82, 2.24) is 10.6 Å². The Bertz CT molecular complexity index is 872. The maximum atomic E-state index is 12.2. The maximum Gasteiger partial charge on any atom is 0.407 e. The molecule has 0 aliphatic carbocycles. The van der Waals surface area contributed by atoms with Crippen LogP contribution >= 0.6 is 0 Å². The molecule has 0 spiro atoms. The highest BCUT2D eigenvalue weighted by molar-refractivity contribution is 6.04. The minimum atomic E-state index is -0.576. The van der Waals surface area contributed by atoms with Gasteiger partial charge >= 0.3 is 6.09 Å². The molecular weight excluding hydrogens is 384 g/mol. The van der Waals surface area contributed by atoms with Crippen molar-refractivity contribution in [3.8, 4) is 0 Å². The summed E-state index contributed by atoms with van der Waals surface area (Å²) in [6, 6.07) is 13.8. The fourth-order valence-electron chi connectivity index (χ4n) is 2.42. The molecule has 8 nitrogen and oxygen atoms in total. The lowest BCUT2D eigenvalue weighted by Crippen LogP contribution is -2.35. The second-order valence-electron chi connectivity index (χ2n) is 7.73. The quantitative estimate of drug-likeness (QED) is 0.521. The van der Waals surface area contributed by atoms with Gasteiger partial charge in [0.2, 0.25) is 5.91 Å². The molecule has 160 valence electrons. The Morgan fingerprint density at radius 1 is 0.933 bits per heavy atom. The fraction of sp³-hybridized carbons (Fsp3) is 0.318. The number of nitrogens with one attached hydrogen (secondary N) is 3. The summed E-state index contributed by atoms with van der Waals surface area (Å²) in [6.45, 7) is 5.85. The van der Waals surface area contributed by atoms with Gasteiger partial charge in [-0.05, 0) is 62.7 Å². The van der Waals surface area contributed by atoms with Gasteiger partial charge in [-0.3, -0.25) is 9.59 Å². The Hall–Kier alpha value is -3.55. The van der Waals surface area contributed by atoms with E-state index in [0.29, 0.717) is 23.5 Å². The van der Waals surface area contributed by atoms with Gasteiger partial charge in [0.1, 0.15) is 5.60 Å². The standard InChI is InChI=1S/C22H28N4O4/c1-22(2,3)30-21(29)24-13-12-19(27)25-14-15-4-10-18(11-5-15)26-20(28)16-6-8-17(23)9-7-16/h4-11H,12-14,23H2,1-3H3,(H,24,29)(H,25,27)(H,26,28). The number of nitrogens with two attached hydrogens (primary N) is 1. The SMILES string of the molecule is CC(C)(C)OC(=O)NCCC(=O)NCc1ccc(NC(=O)c2ccc(N)cc2)cc1. The molecule has 0 atom stereocenters. The van der Waals surface area contributed by atoms with Gasteiger partial charge in [-0.2, -0.15) is 0 Å². The third kappa shape index (κ3) is 8.22. The maximum absolute atomic E-state index is 12.2. The van der Waals surface area contributed by atoms with Gasteiger partial charge in [0, 0.05) is 36.4 Å². The van der Waals surface area contributed by atoms with Gasteiger partial charge < -0.3 is 26.4 Å². The number of alkyl carbamates (subject to hydrolysis) is 1. The highest BCUT2D eigenvalue weighted by atomic mass is 16.6. The molecule has 2 aromatic carbocycles. The Morgan fingerprint density at radius 2 is 1.57 bits per heavy atom. The van der Waals surface area contributed by atoms with Gasteiger partial charge in [0.15, 0.2) is 0 Å². The van der Waals surface area contributed by atoms with Crippen LogP contribution in [0.25, 0.3) is 0 Å². The summed E-state index contributed by atoms with van der Waals surface area (Å²) in [5.41, 5.74) is 7.69. The van der Waals surface area contributed by atoms with Crippen LogP contribution in [0.4, 0.5) is 16.2 Å². The number of anilines is 2. The van der Waals surface area contributed by atoms with E-state index < -0.39 is 11.7 Å². The van der Waals surface area contributed by atoms with Crippen molar-refractivity contribution in [3.05, 3.63) is 59.7 Å². The lowest BCUT2D eigenvalue weighted by atomic mass is 10.1. The van der Waals surface area contributed by atoms with Crippen LogP contribution in [0.2, 0.25) is 0 Å². The highest BCUT2D eigenvalue weighted by Crippen LogP contribution is 2.13. The van der Waals surface area contributed by atoms with Crippen LogP contribution in [-0.4, -0.2) is 30.1 Å². The van der Waals surface area contributed by atoms with Gasteiger partial charge in [0.25, 0.3) is 5.91 Å². The lowest BCUT2D eigenvalue weighted by molar-refractivity contribution is -0.121. The normalized spacial score (nSPS) is 10.8. The zero-order valence-corrected chi connectivity index (χ0v) is 17.5. The van der Waals surface area contributed by atoms with Gasteiger partial charge in [-0.25, -0.2) is 4.79 Å². The summed E-state index contributed by atoms with van der Waals surface area (Å²) in [5, 5.41) is 8.13. The zero-order valence-electron chi connectivity index (χ0n) is 17.5. The average molecular weight is 412 g/mol. The number of hydrogen-bond donors (Lipinski definition) is 4. The molecule has 2 rings (SSSR count). The smallest absolute Gasteiger partial charge is 0.407 e. The van der Waals surface area contributed by atoms with E-state index in [1.165, 1.54) is 0 Å². The number of rotatable bonds is 7.